The minimum absolute atomic E-state index is 0.0663. The lowest BCUT2D eigenvalue weighted by Gasteiger charge is -2.05. The van der Waals surface area contributed by atoms with Crippen molar-refractivity contribution in [2.75, 3.05) is 0 Å². The standard InChI is InChI=1S/C10H11FN2O4S/c11-9-3-1-7(2-4-10(14)15)5-8(9)6-13-18(12,16)17/h1-5,13H,6H2,(H,14,15)(H2,12,16,17)/b4-2+. The topological polar surface area (TPSA) is 109 Å². The van der Waals surface area contributed by atoms with Gasteiger partial charge in [-0.05, 0) is 23.8 Å². The van der Waals surface area contributed by atoms with Gasteiger partial charge in [-0.1, -0.05) is 6.07 Å². The van der Waals surface area contributed by atoms with E-state index in [9.17, 15) is 17.6 Å². The number of carbonyl (C=O) groups is 1. The molecule has 0 aliphatic carbocycles. The Balaban J connectivity index is 2.91. The molecule has 0 aliphatic heterocycles. The number of nitrogens with one attached hydrogen (secondary N) is 1. The van der Waals surface area contributed by atoms with Crippen molar-refractivity contribution in [3.63, 3.8) is 0 Å². The average Bonchev–Trinajstić information content (AvgIpc) is 2.25. The first kappa shape index (κ1) is 14.3. The van der Waals surface area contributed by atoms with E-state index in [-0.39, 0.29) is 12.1 Å². The van der Waals surface area contributed by atoms with Crippen molar-refractivity contribution >= 4 is 22.3 Å². The number of carboxylic acid groups (broad SMARTS) is 1. The van der Waals surface area contributed by atoms with Gasteiger partial charge >= 0.3 is 5.97 Å². The fourth-order valence-electron chi connectivity index (χ4n) is 1.18. The van der Waals surface area contributed by atoms with Gasteiger partial charge in [0.1, 0.15) is 5.82 Å². The van der Waals surface area contributed by atoms with E-state index in [1.807, 2.05) is 4.72 Å². The van der Waals surface area contributed by atoms with Crippen LogP contribution in [0.2, 0.25) is 0 Å². The summed E-state index contributed by atoms with van der Waals surface area (Å²) in [5.74, 6) is -1.75. The van der Waals surface area contributed by atoms with Crippen LogP contribution in [-0.2, 0) is 21.5 Å². The normalized spacial score (nSPS) is 11.9. The Labute approximate surface area is 103 Å². The van der Waals surface area contributed by atoms with Gasteiger partial charge < -0.3 is 5.11 Å². The highest BCUT2D eigenvalue weighted by Crippen LogP contribution is 2.12. The number of rotatable bonds is 5. The molecular formula is C10H11FN2O4S. The van der Waals surface area contributed by atoms with Crippen molar-refractivity contribution in [2.45, 2.75) is 6.54 Å². The van der Waals surface area contributed by atoms with Crippen LogP contribution in [0.5, 0.6) is 0 Å². The van der Waals surface area contributed by atoms with Gasteiger partial charge in [0.15, 0.2) is 0 Å². The molecule has 0 fully saturated rings. The third-order valence-electron chi connectivity index (χ3n) is 1.95. The molecule has 1 aromatic carbocycles. The van der Waals surface area contributed by atoms with Crippen LogP contribution in [0.25, 0.3) is 6.08 Å². The summed E-state index contributed by atoms with van der Waals surface area (Å²) in [5, 5.41) is 13.2. The zero-order valence-electron chi connectivity index (χ0n) is 9.13. The van der Waals surface area contributed by atoms with Crippen molar-refractivity contribution in [3.05, 3.63) is 41.2 Å². The Morgan fingerprint density at radius 2 is 2.17 bits per heavy atom. The van der Waals surface area contributed by atoms with Crippen molar-refractivity contribution in [1.82, 2.24) is 4.72 Å². The van der Waals surface area contributed by atoms with Gasteiger partial charge in [-0.25, -0.2) is 14.3 Å². The van der Waals surface area contributed by atoms with Gasteiger partial charge in [0.25, 0.3) is 10.2 Å². The van der Waals surface area contributed by atoms with Gasteiger partial charge in [-0.2, -0.15) is 13.1 Å². The number of aliphatic carboxylic acids is 1. The molecule has 0 radical (unpaired) electrons. The molecule has 0 amide bonds. The summed E-state index contributed by atoms with van der Waals surface area (Å²) in [4.78, 5) is 10.3. The smallest absolute Gasteiger partial charge is 0.328 e. The maximum absolute atomic E-state index is 13.3. The van der Waals surface area contributed by atoms with Crippen LogP contribution < -0.4 is 9.86 Å². The van der Waals surface area contributed by atoms with E-state index in [1.54, 1.807) is 0 Å². The lowest BCUT2D eigenvalue weighted by atomic mass is 10.1. The molecule has 4 N–H and O–H groups in total. The van der Waals surface area contributed by atoms with Crippen molar-refractivity contribution in [3.8, 4) is 0 Å². The van der Waals surface area contributed by atoms with E-state index in [1.165, 1.54) is 18.2 Å². The lowest BCUT2D eigenvalue weighted by molar-refractivity contribution is -0.131. The highest BCUT2D eigenvalue weighted by Gasteiger charge is 2.06. The van der Waals surface area contributed by atoms with Crippen LogP contribution in [0.4, 0.5) is 4.39 Å². The second kappa shape index (κ2) is 5.71. The predicted molar refractivity (Wildman–Crippen MR) is 63.0 cm³/mol. The molecule has 1 rings (SSSR count). The highest BCUT2D eigenvalue weighted by molar-refractivity contribution is 7.87. The Hall–Kier alpha value is -1.77. The molecule has 0 spiro atoms. The Morgan fingerprint density at radius 3 is 2.72 bits per heavy atom. The third kappa shape index (κ3) is 5.04. The lowest BCUT2D eigenvalue weighted by Crippen LogP contribution is -2.30. The summed E-state index contributed by atoms with van der Waals surface area (Å²) in [7, 11) is -3.91. The predicted octanol–water partition coefficient (Wildman–Crippen LogP) is 0.217. The molecule has 6 nitrogen and oxygen atoms in total. The monoisotopic (exact) mass is 274 g/mol. The first-order valence-corrected chi connectivity index (χ1v) is 6.29. The second-order valence-corrected chi connectivity index (χ2v) is 4.77. The fourth-order valence-corrected chi connectivity index (χ4v) is 1.54. The molecule has 0 atom stereocenters. The van der Waals surface area contributed by atoms with Crippen LogP contribution in [0.15, 0.2) is 24.3 Å². The number of carboxylic acids is 1. The summed E-state index contributed by atoms with van der Waals surface area (Å²) >= 11 is 0. The Bertz CT molecular complexity index is 584. The van der Waals surface area contributed by atoms with Crippen LogP contribution >= 0.6 is 0 Å². The molecule has 1 aromatic rings. The fraction of sp³-hybridized carbons (Fsp3) is 0.100. The van der Waals surface area contributed by atoms with Crippen molar-refractivity contribution in [2.24, 2.45) is 5.14 Å². The molecule has 0 saturated heterocycles. The highest BCUT2D eigenvalue weighted by atomic mass is 32.2. The molecule has 8 heteroatoms. The number of hydrogen-bond donors (Lipinski definition) is 3. The quantitative estimate of drug-likeness (QED) is 0.667. The Kier molecular flexibility index (Phi) is 4.54. The van der Waals surface area contributed by atoms with Crippen LogP contribution in [0.3, 0.4) is 0 Å². The summed E-state index contributed by atoms with van der Waals surface area (Å²) in [6.07, 6.45) is 2.16. The van der Waals surface area contributed by atoms with Crippen LogP contribution in [-0.4, -0.2) is 19.5 Å². The molecule has 0 aromatic heterocycles. The zero-order valence-corrected chi connectivity index (χ0v) is 9.95. The summed E-state index contributed by atoms with van der Waals surface area (Å²) in [6, 6.07) is 3.81. The second-order valence-electron chi connectivity index (χ2n) is 3.39. The number of benzene rings is 1. The molecule has 0 aliphatic rings. The van der Waals surface area contributed by atoms with Gasteiger partial charge in [-0.3, -0.25) is 0 Å². The molecule has 0 saturated carbocycles. The van der Waals surface area contributed by atoms with Crippen molar-refractivity contribution < 1.29 is 22.7 Å². The van der Waals surface area contributed by atoms with Gasteiger partial charge in [0.2, 0.25) is 0 Å². The van der Waals surface area contributed by atoms with E-state index >= 15 is 0 Å². The minimum atomic E-state index is -3.91. The maximum Gasteiger partial charge on any atom is 0.328 e. The van der Waals surface area contributed by atoms with Crippen molar-refractivity contribution in [1.29, 1.82) is 0 Å². The summed E-state index contributed by atoms with van der Waals surface area (Å²) < 4.78 is 36.6. The Morgan fingerprint density at radius 1 is 1.50 bits per heavy atom. The molecular weight excluding hydrogens is 263 g/mol. The minimum Gasteiger partial charge on any atom is -0.478 e. The molecule has 0 unspecified atom stereocenters. The van der Waals surface area contributed by atoms with E-state index in [0.29, 0.717) is 5.56 Å². The first-order chi connectivity index (χ1) is 8.28. The summed E-state index contributed by atoms with van der Waals surface area (Å²) in [6.45, 7) is -0.306. The van der Waals surface area contributed by atoms with E-state index in [4.69, 9.17) is 10.2 Å². The SMILES string of the molecule is NS(=O)(=O)NCc1cc(/C=C/C(=O)O)ccc1F. The van der Waals surface area contributed by atoms with Crippen LogP contribution in [0.1, 0.15) is 11.1 Å². The van der Waals surface area contributed by atoms with Crippen LogP contribution in [0, 0.1) is 5.82 Å². The number of halogens is 1. The molecule has 98 valence electrons. The molecule has 0 bridgehead atoms. The molecule has 0 heterocycles. The van der Waals surface area contributed by atoms with E-state index in [2.05, 4.69) is 0 Å². The van der Waals surface area contributed by atoms with E-state index in [0.717, 1.165) is 12.1 Å². The van der Waals surface area contributed by atoms with Gasteiger partial charge in [0.05, 0.1) is 0 Å². The third-order valence-corrected chi connectivity index (χ3v) is 2.50. The first-order valence-electron chi connectivity index (χ1n) is 4.75. The van der Waals surface area contributed by atoms with Gasteiger partial charge in [0, 0.05) is 18.2 Å². The van der Waals surface area contributed by atoms with Gasteiger partial charge in [-0.15, -0.1) is 0 Å². The zero-order chi connectivity index (χ0) is 13.8. The maximum atomic E-state index is 13.3. The van der Waals surface area contributed by atoms with E-state index < -0.39 is 22.0 Å². The average molecular weight is 274 g/mol. The number of hydrogen-bond acceptors (Lipinski definition) is 3. The largest absolute Gasteiger partial charge is 0.478 e. The summed E-state index contributed by atoms with van der Waals surface area (Å²) in [5.41, 5.74) is 0.501. The molecule has 18 heavy (non-hydrogen) atoms. The number of nitrogens with two attached hydrogens (primary N) is 1.